The minimum absolute atomic E-state index is 0.0316. The summed E-state index contributed by atoms with van der Waals surface area (Å²) in [5.41, 5.74) is 4.27. The summed E-state index contributed by atoms with van der Waals surface area (Å²) >= 11 is 0. The highest BCUT2D eigenvalue weighted by molar-refractivity contribution is 5.79. The van der Waals surface area contributed by atoms with Gasteiger partial charge in [0.15, 0.2) is 6.10 Å². The Bertz CT molecular complexity index is 368. The largest absolute Gasteiger partial charge is 0.383 e. The fourth-order valence-corrected chi connectivity index (χ4v) is 0.832. The van der Waals surface area contributed by atoms with Crippen molar-refractivity contribution < 1.29 is 15.0 Å². The van der Waals surface area contributed by atoms with E-state index < -0.39 is 23.7 Å². The average molecular weight is 199 g/mol. The third-order valence-corrected chi connectivity index (χ3v) is 1.59. The first-order chi connectivity index (χ1) is 6.52. The van der Waals surface area contributed by atoms with Crippen molar-refractivity contribution in [3.8, 4) is 0 Å². The molecule has 5 N–H and O–H groups in total. The van der Waals surface area contributed by atoms with Crippen LogP contribution >= 0.6 is 0 Å². The fourth-order valence-electron chi connectivity index (χ4n) is 0.832. The van der Waals surface area contributed by atoms with Crippen molar-refractivity contribution in [2.75, 3.05) is 0 Å². The lowest BCUT2D eigenvalue weighted by Gasteiger charge is -2.13. The van der Waals surface area contributed by atoms with Crippen LogP contribution in [0.5, 0.6) is 0 Å². The molecule has 76 valence electrons. The van der Waals surface area contributed by atoms with E-state index in [1.165, 1.54) is 0 Å². The number of primary amides is 1. The van der Waals surface area contributed by atoms with Crippen molar-refractivity contribution in [2.45, 2.75) is 12.2 Å². The Labute approximate surface area is 78.2 Å². The molecule has 0 spiro atoms. The minimum atomic E-state index is -1.74. The maximum Gasteiger partial charge on any atom is 0.266 e. The Morgan fingerprint density at radius 2 is 2.21 bits per heavy atom. The number of aliphatic hydroxyl groups excluding tert-OH is 2. The van der Waals surface area contributed by atoms with Gasteiger partial charge >= 0.3 is 0 Å². The summed E-state index contributed by atoms with van der Waals surface area (Å²) in [6.45, 7) is 0. The first kappa shape index (κ1) is 10.4. The molecule has 1 heterocycles. The maximum absolute atomic E-state index is 10.6. The molecule has 0 aromatic carbocycles. The second-order valence-corrected chi connectivity index (χ2v) is 2.63. The summed E-state index contributed by atoms with van der Waals surface area (Å²) in [6.07, 6.45) is -1.26. The van der Waals surface area contributed by atoms with Gasteiger partial charge in [0.05, 0.1) is 11.9 Å². The Balaban J connectivity index is 2.89. The number of aromatic nitrogens is 2. The molecule has 0 aliphatic rings. The Morgan fingerprint density at radius 1 is 1.57 bits per heavy atom. The number of hydrogen-bond acceptors (Lipinski definition) is 5. The zero-order valence-corrected chi connectivity index (χ0v) is 7.04. The SMILES string of the molecule is NC(=O)C(O)C(O)c1c[nH]c(=O)cn1. The van der Waals surface area contributed by atoms with Gasteiger partial charge in [-0.25, -0.2) is 0 Å². The highest BCUT2D eigenvalue weighted by Crippen LogP contribution is 2.11. The van der Waals surface area contributed by atoms with Gasteiger partial charge < -0.3 is 20.9 Å². The number of H-pyrrole nitrogens is 1. The topological polar surface area (TPSA) is 129 Å². The standard InChI is InChI=1S/C7H9N3O4/c8-7(14)6(13)5(12)3-1-10-4(11)2-9-3/h1-2,5-6,12-13H,(H2,8,14)(H,10,11). The highest BCUT2D eigenvalue weighted by Gasteiger charge is 2.24. The molecule has 1 rings (SSSR count). The van der Waals surface area contributed by atoms with Crippen LogP contribution in [-0.2, 0) is 4.79 Å². The second-order valence-electron chi connectivity index (χ2n) is 2.63. The molecule has 0 bridgehead atoms. The molecule has 1 aromatic rings. The van der Waals surface area contributed by atoms with Gasteiger partial charge in [0.2, 0.25) is 5.91 Å². The molecule has 14 heavy (non-hydrogen) atoms. The quantitative estimate of drug-likeness (QED) is 0.433. The molecule has 0 saturated carbocycles. The number of carbonyl (C=O) groups excluding carboxylic acids is 1. The molecule has 0 saturated heterocycles. The van der Waals surface area contributed by atoms with Crippen molar-refractivity contribution in [1.82, 2.24) is 9.97 Å². The van der Waals surface area contributed by atoms with Crippen LogP contribution < -0.4 is 11.3 Å². The molecular formula is C7H9N3O4. The number of aromatic amines is 1. The van der Waals surface area contributed by atoms with Crippen LogP contribution in [0, 0.1) is 0 Å². The predicted octanol–water partition coefficient (Wildman–Crippen LogP) is -2.35. The van der Waals surface area contributed by atoms with Crippen LogP contribution in [-0.4, -0.2) is 32.2 Å². The van der Waals surface area contributed by atoms with Crippen molar-refractivity contribution in [3.05, 3.63) is 28.4 Å². The lowest BCUT2D eigenvalue weighted by Crippen LogP contribution is -2.34. The number of aliphatic hydroxyl groups is 2. The second kappa shape index (κ2) is 3.99. The molecule has 7 heteroatoms. The molecule has 1 aromatic heterocycles. The normalized spacial score (nSPS) is 14.7. The van der Waals surface area contributed by atoms with Crippen molar-refractivity contribution in [3.63, 3.8) is 0 Å². The molecule has 2 atom stereocenters. The minimum Gasteiger partial charge on any atom is -0.383 e. The Morgan fingerprint density at radius 3 is 2.64 bits per heavy atom. The van der Waals surface area contributed by atoms with Gasteiger partial charge in [-0.05, 0) is 0 Å². The molecule has 0 fully saturated rings. The zero-order valence-electron chi connectivity index (χ0n) is 7.04. The Hall–Kier alpha value is -1.73. The summed E-state index contributed by atoms with van der Waals surface area (Å²) < 4.78 is 0. The van der Waals surface area contributed by atoms with Crippen molar-refractivity contribution in [2.24, 2.45) is 5.73 Å². The van der Waals surface area contributed by atoms with Gasteiger partial charge in [0.25, 0.3) is 5.56 Å². The monoisotopic (exact) mass is 199 g/mol. The predicted molar refractivity (Wildman–Crippen MR) is 45.0 cm³/mol. The van der Waals surface area contributed by atoms with E-state index in [1.807, 2.05) is 0 Å². The van der Waals surface area contributed by atoms with E-state index in [1.54, 1.807) is 0 Å². The first-order valence-electron chi connectivity index (χ1n) is 3.72. The van der Waals surface area contributed by atoms with Gasteiger partial charge in [-0.15, -0.1) is 0 Å². The number of rotatable bonds is 3. The van der Waals surface area contributed by atoms with Crippen LogP contribution in [0.4, 0.5) is 0 Å². The number of nitrogens with one attached hydrogen (secondary N) is 1. The van der Waals surface area contributed by atoms with Gasteiger partial charge in [-0.2, -0.15) is 0 Å². The third kappa shape index (κ3) is 2.15. The van der Waals surface area contributed by atoms with E-state index in [-0.39, 0.29) is 5.69 Å². The maximum atomic E-state index is 10.6. The number of carbonyl (C=O) groups is 1. The van der Waals surface area contributed by atoms with Crippen LogP contribution in [0.2, 0.25) is 0 Å². The molecular weight excluding hydrogens is 190 g/mol. The number of amides is 1. The van der Waals surface area contributed by atoms with Gasteiger partial charge in [-0.3, -0.25) is 14.6 Å². The first-order valence-corrected chi connectivity index (χ1v) is 3.72. The molecule has 0 radical (unpaired) electrons. The van der Waals surface area contributed by atoms with Crippen LogP contribution in [0.1, 0.15) is 11.8 Å². The summed E-state index contributed by atoms with van der Waals surface area (Å²) in [5.74, 6) is -1.06. The van der Waals surface area contributed by atoms with Crippen molar-refractivity contribution >= 4 is 5.91 Å². The number of nitrogens with two attached hydrogens (primary N) is 1. The molecule has 2 unspecified atom stereocenters. The van der Waals surface area contributed by atoms with Crippen LogP contribution in [0.25, 0.3) is 0 Å². The van der Waals surface area contributed by atoms with E-state index >= 15 is 0 Å². The smallest absolute Gasteiger partial charge is 0.266 e. The van der Waals surface area contributed by atoms with E-state index in [9.17, 15) is 14.7 Å². The van der Waals surface area contributed by atoms with E-state index in [4.69, 9.17) is 10.8 Å². The molecule has 1 amide bonds. The van der Waals surface area contributed by atoms with Crippen LogP contribution in [0.15, 0.2) is 17.2 Å². The Kier molecular flexibility index (Phi) is 2.95. The van der Waals surface area contributed by atoms with Crippen molar-refractivity contribution in [1.29, 1.82) is 0 Å². The fraction of sp³-hybridized carbons (Fsp3) is 0.286. The van der Waals surface area contributed by atoms with Gasteiger partial charge in [-0.1, -0.05) is 0 Å². The van der Waals surface area contributed by atoms with E-state index in [0.717, 1.165) is 12.4 Å². The lowest BCUT2D eigenvalue weighted by molar-refractivity contribution is -0.132. The summed E-state index contributed by atoms with van der Waals surface area (Å²) in [4.78, 5) is 26.8. The molecule has 7 nitrogen and oxygen atoms in total. The van der Waals surface area contributed by atoms with E-state index in [0.29, 0.717) is 0 Å². The molecule has 0 aliphatic heterocycles. The van der Waals surface area contributed by atoms with Crippen LogP contribution in [0.3, 0.4) is 0 Å². The highest BCUT2D eigenvalue weighted by atomic mass is 16.3. The zero-order chi connectivity index (χ0) is 10.7. The summed E-state index contributed by atoms with van der Waals surface area (Å²) in [7, 11) is 0. The lowest BCUT2D eigenvalue weighted by atomic mass is 10.1. The van der Waals surface area contributed by atoms with Gasteiger partial charge in [0.1, 0.15) is 6.10 Å². The third-order valence-electron chi connectivity index (χ3n) is 1.59. The van der Waals surface area contributed by atoms with Gasteiger partial charge in [0, 0.05) is 6.20 Å². The number of hydrogen-bond donors (Lipinski definition) is 4. The number of nitrogens with zero attached hydrogens (tertiary/aromatic N) is 1. The summed E-state index contributed by atoms with van der Waals surface area (Å²) in [5, 5.41) is 18.4. The molecule has 0 aliphatic carbocycles. The average Bonchev–Trinajstić information content (AvgIpc) is 2.16. The van der Waals surface area contributed by atoms with E-state index in [2.05, 4.69) is 9.97 Å². The summed E-state index contributed by atoms with van der Waals surface area (Å²) in [6, 6.07) is 0.